The summed E-state index contributed by atoms with van der Waals surface area (Å²) in [5, 5.41) is 14.7. The third-order valence-electron chi connectivity index (χ3n) is 4.29. The Hall–Kier alpha value is -3.03. The molecule has 0 saturated carbocycles. The molecule has 0 fully saturated rings. The van der Waals surface area contributed by atoms with E-state index in [9.17, 15) is 21.6 Å². The van der Waals surface area contributed by atoms with Crippen LogP contribution in [0, 0.1) is 5.41 Å². The van der Waals surface area contributed by atoms with Gasteiger partial charge in [0.15, 0.2) is 0 Å². The number of sulfone groups is 1. The summed E-state index contributed by atoms with van der Waals surface area (Å²) in [5.41, 5.74) is 7.25. The summed E-state index contributed by atoms with van der Waals surface area (Å²) in [4.78, 5) is 9.75. The first kappa shape index (κ1) is 28.2. The Bertz CT molecular complexity index is 1300. The van der Waals surface area contributed by atoms with Crippen molar-refractivity contribution in [3.05, 3.63) is 59.5 Å². The van der Waals surface area contributed by atoms with Crippen LogP contribution in [0.5, 0.6) is 5.75 Å². The molecule has 0 aliphatic rings. The molecule has 0 aliphatic heterocycles. The molecule has 1 aromatic heterocycles. The molecule has 3 rings (SSSR count). The average Bonchev–Trinajstić information content (AvgIpc) is 3.26. The van der Waals surface area contributed by atoms with Crippen molar-refractivity contribution in [2.45, 2.75) is 27.1 Å². The fourth-order valence-electron chi connectivity index (χ4n) is 2.70. The number of nitrogen functional groups attached to an aromatic ring is 1. The lowest BCUT2D eigenvalue weighted by Gasteiger charge is -2.08. The zero-order valence-electron chi connectivity index (χ0n) is 18.4. The molecular weight excluding hydrogens is 525 g/mol. The quantitative estimate of drug-likeness (QED) is 0.209. The van der Waals surface area contributed by atoms with E-state index in [4.69, 9.17) is 25.8 Å². The average molecular weight is 547 g/mol. The monoisotopic (exact) mass is 546 g/mol. The molecule has 0 amide bonds. The van der Waals surface area contributed by atoms with Crippen molar-refractivity contribution in [1.29, 1.82) is 5.41 Å². The van der Waals surface area contributed by atoms with Gasteiger partial charge in [0, 0.05) is 0 Å². The van der Waals surface area contributed by atoms with Gasteiger partial charge >= 0.3 is 12.1 Å². The first-order valence-electron chi connectivity index (χ1n) is 9.72. The first-order chi connectivity index (χ1) is 16.3. The van der Waals surface area contributed by atoms with Crippen LogP contribution >= 0.6 is 23.1 Å². The molecule has 0 bridgehead atoms. The van der Waals surface area contributed by atoms with E-state index in [0.717, 1.165) is 16.9 Å². The number of carbonyl (C=O) groups is 1. The van der Waals surface area contributed by atoms with Crippen molar-refractivity contribution in [2.24, 2.45) is 5.73 Å². The number of carboxylic acids is 1. The topological polar surface area (TPSA) is 131 Å². The van der Waals surface area contributed by atoms with Crippen molar-refractivity contribution in [3.8, 4) is 16.9 Å². The molecule has 0 saturated heterocycles. The van der Waals surface area contributed by atoms with Gasteiger partial charge in [-0.2, -0.15) is 13.2 Å². The Morgan fingerprint density at radius 2 is 1.74 bits per heavy atom. The number of carboxylic acid groups (broad SMARTS) is 1. The zero-order valence-corrected chi connectivity index (χ0v) is 20.9. The molecule has 7 nitrogen and oxygen atoms in total. The van der Waals surface area contributed by atoms with E-state index in [-0.39, 0.29) is 15.6 Å². The van der Waals surface area contributed by atoms with E-state index in [1.54, 1.807) is 18.2 Å². The van der Waals surface area contributed by atoms with Gasteiger partial charge in [0.1, 0.15) is 11.6 Å². The first-order valence-corrected chi connectivity index (χ1v) is 13.2. The molecule has 3 aromatic rings. The minimum atomic E-state index is -5.08. The van der Waals surface area contributed by atoms with Crippen LogP contribution in [0.4, 0.5) is 13.2 Å². The number of alkyl halides is 3. The Balaban J connectivity index is 0.000000540. The van der Waals surface area contributed by atoms with Gasteiger partial charge in [0.05, 0.1) is 25.5 Å². The van der Waals surface area contributed by atoms with E-state index in [2.05, 4.69) is 0 Å². The van der Waals surface area contributed by atoms with Crippen LogP contribution in [0.3, 0.4) is 0 Å². The molecular formula is C22H21F3N2O5S3. The number of hydrogen-bond donors (Lipinski definition) is 3. The number of benzene rings is 2. The molecule has 188 valence electrons. The summed E-state index contributed by atoms with van der Waals surface area (Å²) in [6.45, 7) is 2.51. The van der Waals surface area contributed by atoms with Gasteiger partial charge in [0.25, 0.3) is 0 Å². The molecule has 2 aromatic carbocycles. The summed E-state index contributed by atoms with van der Waals surface area (Å²) < 4.78 is 64.3. The van der Waals surface area contributed by atoms with E-state index in [1.165, 1.54) is 29.2 Å². The van der Waals surface area contributed by atoms with Gasteiger partial charge in [-0.3, -0.25) is 5.41 Å². The van der Waals surface area contributed by atoms with Crippen LogP contribution in [0.15, 0.2) is 68.6 Å². The summed E-state index contributed by atoms with van der Waals surface area (Å²) in [6.07, 6.45) is -3.27. The molecule has 35 heavy (non-hydrogen) atoms. The predicted octanol–water partition coefficient (Wildman–Crippen LogP) is 5.29. The number of nitrogens with one attached hydrogen (secondary N) is 1. The maximum Gasteiger partial charge on any atom is 0.490 e. The molecule has 0 unspecified atom stereocenters. The largest absolute Gasteiger partial charge is 0.494 e. The van der Waals surface area contributed by atoms with Crippen molar-refractivity contribution >= 4 is 44.7 Å². The Morgan fingerprint density at radius 3 is 2.23 bits per heavy atom. The zero-order chi connectivity index (χ0) is 26.4. The smallest absolute Gasteiger partial charge is 0.490 e. The van der Waals surface area contributed by atoms with Gasteiger partial charge < -0.3 is 15.6 Å². The number of halogens is 3. The van der Waals surface area contributed by atoms with Crippen LogP contribution < -0.4 is 10.5 Å². The fraction of sp³-hybridized carbons (Fsp3) is 0.182. The van der Waals surface area contributed by atoms with Crippen molar-refractivity contribution in [3.63, 3.8) is 0 Å². The van der Waals surface area contributed by atoms with Crippen LogP contribution in [0.2, 0.25) is 0 Å². The minimum absolute atomic E-state index is 0.134. The lowest BCUT2D eigenvalue weighted by atomic mass is 10.1. The maximum absolute atomic E-state index is 13.2. The Labute approximate surface area is 208 Å². The molecule has 13 heteroatoms. The van der Waals surface area contributed by atoms with E-state index in [1.807, 2.05) is 43.5 Å². The standard InChI is InChI=1S/C20H20N2O3S3.C2HF3O2/c1-3-25-15-9-7-13(8-10-15)14-5-4-6-16(11-14)28(23,24)18-12-17(19(21)22)27-20(18)26-2;3-2(4,5)1(6)7/h4-12H,3H2,1-2H3,(H3,21,22);(H,6,7). The van der Waals surface area contributed by atoms with Crippen LogP contribution in [0.1, 0.15) is 11.8 Å². The second kappa shape index (κ2) is 11.6. The summed E-state index contributed by atoms with van der Waals surface area (Å²) >= 11 is 2.55. The normalized spacial score (nSPS) is 11.3. The maximum atomic E-state index is 13.2. The molecule has 0 radical (unpaired) electrons. The third-order valence-corrected chi connectivity index (χ3v) is 8.63. The van der Waals surface area contributed by atoms with E-state index >= 15 is 0 Å². The minimum Gasteiger partial charge on any atom is -0.494 e. The van der Waals surface area contributed by atoms with Crippen molar-refractivity contribution < 1.29 is 36.2 Å². The highest BCUT2D eigenvalue weighted by molar-refractivity contribution is 8.01. The lowest BCUT2D eigenvalue weighted by molar-refractivity contribution is -0.192. The van der Waals surface area contributed by atoms with Gasteiger partial charge in [0.2, 0.25) is 9.84 Å². The molecule has 0 atom stereocenters. The lowest BCUT2D eigenvalue weighted by Crippen LogP contribution is -2.21. The van der Waals surface area contributed by atoms with E-state index in [0.29, 0.717) is 15.7 Å². The number of thioether (sulfide) groups is 1. The predicted molar refractivity (Wildman–Crippen MR) is 129 cm³/mol. The second-order valence-electron chi connectivity index (χ2n) is 6.67. The molecule has 1 heterocycles. The van der Waals surface area contributed by atoms with Gasteiger partial charge in [-0.25, -0.2) is 13.2 Å². The number of rotatable bonds is 7. The Kier molecular flexibility index (Phi) is 9.35. The van der Waals surface area contributed by atoms with Crippen LogP contribution in [-0.2, 0) is 14.6 Å². The summed E-state index contributed by atoms with van der Waals surface area (Å²) in [6, 6.07) is 15.9. The Morgan fingerprint density at radius 1 is 1.14 bits per heavy atom. The summed E-state index contributed by atoms with van der Waals surface area (Å²) in [5.74, 6) is -2.12. The molecule has 0 aliphatic carbocycles. The highest BCUT2D eigenvalue weighted by Gasteiger charge is 2.38. The number of nitrogens with two attached hydrogens (primary N) is 1. The number of ether oxygens (including phenoxy) is 1. The summed E-state index contributed by atoms with van der Waals surface area (Å²) in [7, 11) is -3.73. The second-order valence-corrected chi connectivity index (χ2v) is 10.7. The van der Waals surface area contributed by atoms with Crippen molar-refractivity contribution in [1.82, 2.24) is 0 Å². The number of thiophene rings is 1. The van der Waals surface area contributed by atoms with Crippen molar-refractivity contribution in [2.75, 3.05) is 12.9 Å². The third kappa shape index (κ3) is 7.23. The fourth-order valence-corrected chi connectivity index (χ4v) is 6.60. The highest BCUT2D eigenvalue weighted by atomic mass is 32.2. The van der Waals surface area contributed by atoms with Gasteiger partial charge in [-0.05, 0) is 54.6 Å². The van der Waals surface area contributed by atoms with E-state index < -0.39 is 22.0 Å². The number of amidine groups is 1. The van der Waals surface area contributed by atoms with Crippen LogP contribution in [0.25, 0.3) is 11.1 Å². The van der Waals surface area contributed by atoms with Gasteiger partial charge in [-0.1, -0.05) is 24.3 Å². The van der Waals surface area contributed by atoms with Crippen LogP contribution in [-0.4, -0.2) is 44.4 Å². The molecule has 4 N–H and O–H groups in total. The number of aliphatic carboxylic acids is 1. The highest BCUT2D eigenvalue weighted by Crippen LogP contribution is 2.37. The SMILES string of the molecule is CCOc1ccc(-c2cccc(S(=O)(=O)c3cc(C(=N)N)sc3SC)c2)cc1.O=C(O)C(F)(F)F. The molecule has 0 spiro atoms. The number of hydrogen-bond acceptors (Lipinski definition) is 7. The van der Waals surface area contributed by atoms with Gasteiger partial charge in [-0.15, -0.1) is 23.1 Å².